The molecule has 1 aliphatic heterocycles. The Kier molecular flexibility index (Phi) is 2.63. The van der Waals surface area contributed by atoms with Crippen molar-refractivity contribution in [3.63, 3.8) is 0 Å². The Bertz CT molecular complexity index is 652. The van der Waals surface area contributed by atoms with Gasteiger partial charge >= 0.3 is 0 Å². The average molecular weight is 253 g/mol. The van der Waals surface area contributed by atoms with E-state index in [9.17, 15) is 4.79 Å². The quantitative estimate of drug-likeness (QED) is 0.805. The van der Waals surface area contributed by atoms with Crippen molar-refractivity contribution in [3.05, 3.63) is 53.6 Å². The predicted octanol–water partition coefficient (Wildman–Crippen LogP) is 2.06. The maximum Gasteiger partial charge on any atom is 0.250 e. The zero-order valence-electron chi connectivity index (χ0n) is 10.5. The summed E-state index contributed by atoms with van der Waals surface area (Å²) in [6, 6.07) is 13.4. The lowest BCUT2D eigenvalue weighted by molar-refractivity contribution is 0.100. The Labute approximate surface area is 111 Å². The molecule has 0 saturated carbocycles. The van der Waals surface area contributed by atoms with Crippen molar-refractivity contribution in [1.29, 1.82) is 0 Å². The molecule has 1 aliphatic rings. The van der Waals surface area contributed by atoms with Gasteiger partial charge < -0.3 is 16.4 Å². The molecule has 0 unspecified atom stereocenters. The highest BCUT2D eigenvalue weighted by atomic mass is 16.1. The van der Waals surface area contributed by atoms with Crippen LogP contribution in [0.5, 0.6) is 0 Å². The molecule has 0 atom stereocenters. The zero-order valence-corrected chi connectivity index (χ0v) is 10.5. The van der Waals surface area contributed by atoms with Gasteiger partial charge in [-0.3, -0.25) is 4.79 Å². The fraction of sp³-hybridized carbons (Fsp3) is 0.133. The lowest BCUT2D eigenvalue weighted by Crippen LogP contribution is -2.21. The van der Waals surface area contributed by atoms with Gasteiger partial charge in [0.2, 0.25) is 0 Å². The summed E-state index contributed by atoms with van der Waals surface area (Å²) in [5, 5.41) is 0. The SMILES string of the molecule is NC(=O)c1cccc(N)c1N1CCc2ccccc21. The van der Waals surface area contributed by atoms with Crippen LogP contribution in [0.25, 0.3) is 0 Å². The van der Waals surface area contributed by atoms with E-state index >= 15 is 0 Å². The highest BCUT2D eigenvalue weighted by Gasteiger charge is 2.24. The third kappa shape index (κ3) is 1.81. The van der Waals surface area contributed by atoms with Gasteiger partial charge in [0.15, 0.2) is 0 Å². The number of nitrogens with two attached hydrogens (primary N) is 2. The van der Waals surface area contributed by atoms with Crippen molar-refractivity contribution < 1.29 is 4.79 Å². The van der Waals surface area contributed by atoms with Gasteiger partial charge in [-0.15, -0.1) is 0 Å². The minimum atomic E-state index is -0.452. The molecule has 0 fully saturated rings. The molecule has 4 nitrogen and oxygen atoms in total. The van der Waals surface area contributed by atoms with Gasteiger partial charge in [0.1, 0.15) is 0 Å². The summed E-state index contributed by atoms with van der Waals surface area (Å²) in [5.74, 6) is -0.452. The van der Waals surface area contributed by atoms with Crippen LogP contribution in [0.4, 0.5) is 17.1 Å². The van der Waals surface area contributed by atoms with Crippen LogP contribution in [0, 0.1) is 0 Å². The number of hydrogen-bond donors (Lipinski definition) is 2. The van der Waals surface area contributed by atoms with E-state index in [-0.39, 0.29) is 0 Å². The van der Waals surface area contributed by atoms with Gasteiger partial charge in [0.25, 0.3) is 5.91 Å². The number of para-hydroxylation sites is 2. The van der Waals surface area contributed by atoms with Gasteiger partial charge in [-0.2, -0.15) is 0 Å². The average Bonchev–Trinajstić information content (AvgIpc) is 2.82. The minimum absolute atomic E-state index is 0.452. The van der Waals surface area contributed by atoms with Gasteiger partial charge in [-0.05, 0) is 30.2 Å². The van der Waals surface area contributed by atoms with Gasteiger partial charge in [0.05, 0.1) is 16.9 Å². The zero-order chi connectivity index (χ0) is 13.4. The molecule has 3 rings (SSSR count). The Balaban J connectivity index is 2.17. The molecule has 0 bridgehead atoms. The monoisotopic (exact) mass is 253 g/mol. The number of rotatable bonds is 2. The maximum absolute atomic E-state index is 11.6. The first-order valence-corrected chi connectivity index (χ1v) is 6.22. The molecular formula is C15H15N3O. The smallest absolute Gasteiger partial charge is 0.250 e. The second-order valence-electron chi connectivity index (χ2n) is 4.64. The summed E-state index contributed by atoms with van der Waals surface area (Å²) in [6.45, 7) is 0.813. The second-order valence-corrected chi connectivity index (χ2v) is 4.64. The number of hydrogen-bond acceptors (Lipinski definition) is 3. The van der Waals surface area contributed by atoms with E-state index in [4.69, 9.17) is 11.5 Å². The number of carbonyl (C=O) groups is 1. The molecule has 2 aromatic rings. The third-order valence-corrected chi connectivity index (χ3v) is 3.49. The summed E-state index contributed by atoms with van der Waals surface area (Å²) in [6.07, 6.45) is 0.947. The van der Waals surface area contributed by atoms with Gasteiger partial charge in [-0.25, -0.2) is 0 Å². The van der Waals surface area contributed by atoms with Crippen LogP contribution in [0.1, 0.15) is 15.9 Å². The Hall–Kier alpha value is -2.49. The van der Waals surface area contributed by atoms with Crippen LogP contribution in [-0.4, -0.2) is 12.5 Å². The molecule has 2 aromatic carbocycles. The molecule has 19 heavy (non-hydrogen) atoms. The number of benzene rings is 2. The summed E-state index contributed by atoms with van der Waals surface area (Å²) < 4.78 is 0. The first-order valence-electron chi connectivity index (χ1n) is 6.22. The molecule has 1 amide bonds. The van der Waals surface area contributed by atoms with E-state index < -0.39 is 5.91 Å². The highest BCUT2D eigenvalue weighted by molar-refractivity contribution is 6.03. The largest absolute Gasteiger partial charge is 0.397 e. The first kappa shape index (κ1) is 11.6. The van der Waals surface area contributed by atoms with Gasteiger partial charge in [0, 0.05) is 12.2 Å². The fourth-order valence-electron chi connectivity index (χ4n) is 2.63. The number of fused-ring (bicyclic) bond motifs is 1. The number of amides is 1. The van der Waals surface area contributed by atoms with E-state index in [0.29, 0.717) is 11.3 Å². The molecule has 4 N–H and O–H groups in total. The Morgan fingerprint density at radius 3 is 2.68 bits per heavy atom. The molecule has 0 saturated heterocycles. The number of anilines is 3. The molecule has 4 heteroatoms. The lowest BCUT2D eigenvalue weighted by Gasteiger charge is -2.23. The van der Waals surface area contributed by atoms with Crippen molar-refractivity contribution in [2.24, 2.45) is 5.73 Å². The van der Waals surface area contributed by atoms with Crippen molar-refractivity contribution in [3.8, 4) is 0 Å². The lowest BCUT2D eigenvalue weighted by atomic mass is 10.1. The standard InChI is InChI=1S/C15H15N3O/c16-12-6-3-5-11(15(17)19)14(12)18-9-8-10-4-1-2-7-13(10)18/h1-7H,8-9,16H2,(H2,17,19). The fourth-order valence-corrected chi connectivity index (χ4v) is 2.63. The number of primary amides is 1. The number of nitrogen functional groups attached to an aromatic ring is 1. The van der Waals surface area contributed by atoms with Crippen LogP contribution < -0.4 is 16.4 Å². The molecule has 0 radical (unpaired) electrons. The van der Waals surface area contributed by atoms with Crippen molar-refractivity contribution >= 4 is 23.0 Å². The van der Waals surface area contributed by atoms with Crippen LogP contribution in [0.15, 0.2) is 42.5 Å². The highest BCUT2D eigenvalue weighted by Crippen LogP contribution is 2.39. The first-order chi connectivity index (χ1) is 9.18. The van der Waals surface area contributed by atoms with Gasteiger partial charge in [-0.1, -0.05) is 24.3 Å². The van der Waals surface area contributed by atoms with E-state index in [1.54, 1.807) is 18.2 Å². The second kappa shape index (κ2) is 4.31. The van der Waals surface area contributed by atoms with Crippen molar-refractivity contribution in [2.45, 2.75) is 6.42 Å². The Morgan fingerprint density at radius 2 is 1.89 bits per heavy atom. The van der Waals surface area contributed by atoms with E-state index in [1.807, 2.05) is 18.2 Å². The number of nitrogens with zero attached hydrogens (tertiary/aromatic N) is 1. The minimum Gasteiger partial charge on any atom is -0.397 e. The van der Waals surface area contributed by atoms with Crippen molar-refractivity contribution in [1.82, 2.24) is 0 Å². The molecule has 1 heterocycles. The molecule has 0 spiro atoms. The number of carbonyl (C=O) groups excluding carboxylic acids is 1. The summed E-state index contributed by atoms with van der Waals surface area (Å²) in [5.41, 5.74) is 15.6. The molecule has 96 valence electrons. The molecule has 0 aromatic heterocycles. The maximum atomic E-state index is 11.6. The third-order valence-electron chi connectivity index (χ3n) is 3.49. The van der Waals surface area contributed by atoms with E-state index in [0.717, 1.165) is 24.3 Å². The van der Waals surface area contributed by atoms with Crippen molar-refractivity contribution in [2.75, 3.05) is 17.2 Å². The van der Waals surface area contributed by atoms with Crippen LogP contribution in [-0.2, 0) is 6.42 Å². The predicted molar refractivity (Wildman–Crippen MR) is 76.5 cm³/mol. The van der Waals surface area contributed by atoms with Crippen LogP contribution in [0.3, 0.4) is 0 Å². The normalized spacial score (nSPS) is 13.4. The van der Waals surface area contributed by atoms with Crippen LogP contribution >= 0.6 is 0 Å². The van der Waals surface area contributed by atoms with E-state index in [2.05, 4.69) is 11.0 Å². The molecule has 0 aliphatic carbocycles. The summed E-state index contributed by atoms with van der Waals surface area (Å²) in [4.78, 5) is 13.7. The van der Waals surface area contributed by atoms with Crippen LogP contribution in [0.2, 0.25) is 0 Å². The Morgan fingerprint density at radius 1 is 1.11 bits per heavy atom. The summed E-state index contributed by atoms with van der Waals surface area (Å²) in [7, 11) is 0. The summed E-state index contributed by atoms with van der Waals surface area (Å²) >= 11 is 0. The molecular weight excluding hydrogens is 238 g/mol. The van der Waals surface area contributed by atoms with E-state index in [1.165, 1.54) is 5.56 Å². The topological polar surface area (TPSA) is 72.3 Å².